The van der Waals surface area contributed by atoms with Gasteiger partial charge in [0.05, 0.1) is 0 Å². The minimum Gasteiger partial charge on any atom is -0.329 e. The maximum Gasteiger partial charge on any atom is 0.471 e. The molecule has 1 unspecified atom stereocenters. The lowest BCUT2D eigenvalue weighted by Gasteiger charge is -2.32. The molecule has 1 atom stereocenters. The van der Waals surface area contributed by atoms with Crippen molar-refractivity contribution in [2.75, 3.05) is 5.75 Å². The molecule has 3 rings (SSSR count). The third kappa shape index (κ3) is 2.08. The molecule has 20 heavy (non-hydrogen) atoms. The van der Waals surface area contributed by atoms with E-state index in [4.69, 9.17) is 5.73 Å². The summed E-state index contributed by atoms with van der Waals surface area (Å²) in [7, 11) is 0. The lowest BCUT2D eigenvalue weighted by atomic mass is 9.87. The summed E-state index contributed by atoms with van der Waals surface area (Å²) in [5, 5.41) is 3.44. The summed E-state index contributed by atoms with van der Waals surface area (Å²) in [5.41, 5.74) is 5.87. The lowest BCUT2D eigenvalue weighted by Crippen LogP contribution is -2.42. The van der Waals surface area contributed by atoms with Crippen molar-refractivity contribution < 1.29 is 17.7 Å². The van der Waals surface area contributed by atoms with Gasteiger partial charge < -0.3 is 10.3 Å². The van der Waals surface area contributed by atoms with Gasteiger partial charge in [-0.25, -0.2) is 0 Å². The molecule has 1 aromatic carbocycles. The molecule has 0 saturated carbocycles. The van der Waals surface area contributed by atoms with Crippen LogP contribution in [-0.2, 0) is 11.7 Å². The van der Waals surface area contributed by atoms with Crippen LogP contribution < -0.4 is 5.73 Å². The number of fused-ring (bicyclic) bond motifs is 1. The normalized spacial score (nSPS) is 22.6. The Kier molecular flexibility index (Phi) is 3.02. The molecule has 1 aromatic heterocycles. The standard InChI is InChI=1S/C12H10F3N3OS/c13-12(14,15)10-17-9(18-19-10)11(16)5-6-20-8-4-2-1-3-7(8)11/h1-4H,5-6,16H2. The largest absolute Gasteiger partial charge is 0.471 e. The van der Waals surface area contributed by atoms with Crippen LogP contribution in [0.25, 0.3) is 0 Å². The fourth-order valence-electron chi connectivity index (χ4n) is 2.17. The van der Waals surface area contributed by atoms with Crippen molar-refractivity contribution in [1.82, 2.24) is 10.1 Å². The second-order valence-corrected chi connectivity index (χ2v) is 5.62. The summed E-state index contributed by atoms with van der Waals surface area (Å²) < 4.78 is 41.9. The first kappa shape index (κ1) is 13.4. The lowest BCUT2D eigenvalue weighted by molar-refractivity contribution is -0.159. The van der Waals surface area contributed by atoms with Crippen LogP contribution in [-0.4, -0.2) is 15.9 Å². The number of hydrogen-bond acceptors (Lipinski definition) is 5. The first-order valence-electron chi connectivity index (χ1n) is 5.84. The van der Waals surface area contributed by atoms with E-state index in [0.29, 0.717) is 12.2 Å². The Morgan fingerprint density at radius 1 is 1.30 bits per heavy atom. The number of nitrogens with two attached hydrogens (primary N) is 1. The average molecular weight is 301 g/mol. The Morgan fingerprint density at radius 2 is 2.05 bits per heavy atom. The molecule has 0 amide bonds. The van der Waals surface area contributed by atoms with Crippen molar-refractivity contribution in [1.29, 1.82) is 0 Å². The maximum atomic E-state index is 12.5. The molecule has 0 radical (unpaired) electrons. The van der Waals surface area contributed by atoms with Crippen LogP contribution in [0.2, 0.25) is 0 Å². The van der Waals surface area contributed by atoms with Gasteiger partial charge in [0.1, 0.15) is 5.54 Å². The van der Waals surface area contributed by atoms with Crippen molar-refractivity contribution in [2.45, 2.75) is 23.0 Å². The predicted molar refractivity (Wildman–Crippen MR) is 66.1 cm³/mol. The van der Waals surface area contributed by atoms with Crippen molar-refractivity contribution in [3.8, 4) is 0 Å². The molecule has 106 valence electrons. The summed E-state index contributed by atoms with van der Waals surface area (Å²) in [4.78, 5) is 4.37. The zero-order valence-electron chi connectivity index (χ0n) is 10.1. The van der Waals surface area contributed by atoms with Crippen molar-refractivity contribution in [3.05, 3.63) is 41.5 Å². The number of halogens is 3. The van der Waals surface area contributed by atoms with Gasteiger partial charge >= 0.3 is 12.1 Å². The molecule has 0 bridgehead atoms. The van der Waals surface area contributed by atoms with Crippen molar-refractivity contribution >= 4 is 11.8 Å². The molecule has 0 aliphatic carbocycles. The molecular weight excluding hydrogens is 291 g/mol. The molecule has 0 saturated heterocycles. The maximum absolute atomic E-state index is 12.5. The van der Waals surface area contributed by atoms with E-state index in [-0.39, 0.29) is 5.82 Å². The fraction of sp³-hybridized carbons (Fsp3) is 0.333. The predicted octanol–water partition coefficient (Wildman–Crippen LogP) is 2.79. The van der Waals surface area contributed by atoms with Gasteiger partial charge in [0.25, 0.3) is 0 Å². The molecule has 8 heteroatoms. The number of thioether (sulfide) groups is 1. The van der Waals surface area contributed by atoms with Gasteiger partial charge in [-0.05, 0) is 18.1 Å². The van der Waals surface area contributed by atoms with Crippen molar-refractivity contribution in [3.63, 3.8) is 0 Å². The van der Waals surface area contributed by atoms with Gasteiger partial charge in [0.2, 0.25) is 0 Å². The molecule has 4 nitrogen and oxygen atoms in total. The van der Waals surface area contributed by atoms with Gasteiger partial charge in [-0.15, -0.1) is 11.8 Å². The van der Waals surface area contributed by atoms with Crippen LogP contribution in [0.15, 0.2) is 33.7 Å². The Hall–Kier alpha value is -1.54. The Labute approximate surface area is 116 Å². The highest BCUT2D eigenvalue weighted by Crippen LogP contribution is 2.42. The van der Waals surface area contributed by atoms with E-state index >= 15 is 0 Å². The minimum atomic E-state index is -4.66. The van der Waals surface area contributed by atoms with Gasteiger partial charge in [-0.1, -0.05) is 23.4 Å². The molecule has 0 fully saturated rings. The fourth-order valence-corrected chi connectivity index (χ4v) is 3.39. The van der Waals surface area contributed by atoms with E-state index in [2.05, 4.69) is 14.7 Å². The number of benzene rings is 1. The number of aromatic nitrogens is 2. The Morgan fingerprint density at radius 3 is 2.75 bits per heavy atom. The van der Waals surface area contributed by atoms with E-state index in [9.17, 15) is 13.2 Å². The molecule has 1 aliphatic heterocycles. The minimum absolute atomic E-state index is 0.127. The van der Waals surface area contributed by atoms with Gasteiger partial charge in [0, 0.05) is 10.6 Å². The van der Waals surface area contributed by atoms with E-state index < -0.39 is 17.6 Å². The Balaban J connectivity index is 2.08. The highest BCUT2D eigenvalue weighted by Gasteiger charge is 2.43. The first-order valence-corrected chi connectivity index (χ1v) is 6.82. The molecule has 0 spiro atoms. The van der Waals surface area contributed by atoms with Gasteiger partial charge in [-0.3, -0.25) is 0 Å². The summed E-state index contributed by atoms with van der Waals surface area (Å²) in [6.07, 6.45) is -4.21. The zero-order valence-corrected chi connectivity index (χ0v) is 11.0. The molecule has 2 aromatic rings. The second-order valence-electron chi connectivity index (χ2n) is 4.49. The topological polar surface area (TPSA) is 64.9 Å². The highest BCUT2D eigenvalue weighted by atomic mass is 32.2. The number of rotatable bonds is 1. The number of nitrogens with zero attached hydrogens (tertiary/aromatic N) is 2. The summed E-state index contributed by atoms with van der Waals surface area (Å²) in [6, 6.07) is 7.31. The summed E-state index contributed by atoms with van der Waals surface area (Å²) >= 11 is 1.61. The van der Waals surface area contributed by atoms with Gasteiger partial charge in [-0.2, -0.15) is 18.2 Å². The molecule has 2 N–H and O–H groups in total. The van der Waals surface area contributed by atoms with E-state index in [1.54, 1.807) is 23.9 Å². The SMILES string of the molecule is NC1(c2noc(C(F)(F)F)n2)CCSc2ccccc21. The van der Waals surface area contributed by atoms with Gasteiger partial charge in [0.15, 0.2) is 5.82 Å². The summed E-state index contributed by atoms with van der Waals surface area (Å²) in [6.45, 7) is 0. The zero-order chi connectivity index (χ0) is 14.4. The van der Waals surface area contributed by atoms with Crippen LogP contribution in [0.1, 0.15) is 23.7 Å². The van der Waals surface area contributed by atoms with Crippen LogP contribution in [0.5, 0.6) is 0 Å². The highest BCUT2D eigenvalue weighted by molar-refractivity contribution is 7.99. The van der Waals surface area contributed by atoms with Crippen LogP contribution in [0, 0.1) is 0 Å². The van der Waals surface area contributed by atoms with Crippen LogP contribution >= 0.6 is 11.8 Å². The summed E-state index contributed by atoms with van der Waals surface area (Å²) in [5.74, 6) is -0.811. The quantitative estimate of drug-likeness (QED) is 0.877. The van der Waals surface area contributed by atoms with Crippen LogP contribution in [0.3, 0.4) is 0 Å². The third-order valence-corrected chi connectivity index (χ3v) is 4.26. The Bertz CT molecular complexity index is 643. The van der Waals surface area contributed by atoms with E-state index in [1.165, 1.54) is 0 Å². The monoisotopic (exact) mass is 301 g/mol. The number of alkyl halides is 3. The molecule has 2 heterocycles. The average Bonchev–Trinajstić information content (AvgIpc) is 2.89. The first-order chi connectivity index (χ1) is 9.41. The van der Waals surface area contributed by atoms with Crippen molar-refractivity contribution in [2.24, 2.45) is 5.73 Å². The van der Waals surface area contributed by atoms with E-state index in [1.807, 2.05) is 12.1 Å². The van der Waals surface area contributed by atoms with E-state index in [0.717, 1.165) is 10.5 Å². The third-order valence-electron chi connectivity index (χ3n) is 3.19. The number of hydrogen-bond donors (Lipinski definition) is 1. The second kappa shape index (κ2) is 4.49. The smallest absolute Gasteiger partial charge is 0.329 e. The molecular formula is C12H10F3N3OS. The van der Waals surface area contributed by atoms with Crippen LogP contribution in [0.4, 0.5) is 13.2 Å². The molecule has 1 aliphatic rings.